The van der Waals surface area contributed by atoms with E-state index >= 15 is 0 Å². The van der Waals surface area contributed by atoms with Crippen LogP contribution >= 0.6 is 11.6 Å². The molecule has 0 aliphatic carbocycles. The molecule has 9 nitrogen and oxygen atoms in total. The van der Waals surface area contributed by atoms with Crippen LogP contribution in [0.15, 0.2) is 52.3 Å². The van der Waals surface area contributed by atoms with Crippen molar-refractivity contribution < 1.29 is 21.8 Å². The molecular formula is C14H10ClN3O6S2. The van der Waals surface area contributed by atoms with Gasteiger partial charge in [0, 0.05) is 13.1 Å². The molecule has 0 N–H and O–H groups in total. The molecule has 0 amide bonds. The first-order valence-corrected chi connectivity index (χ1v) is 9.96. The Hall–Kier alpha value is -2.52. The van der Waals surface area contributed by atoms with Gasteiger partial charge in [0.1, 0.15) is 5.02 Å². The number of hydrogen-bond donors (Lipinski definition) is 0. The van der Waals surface area contributed by atoms with Crippen LogP contribution in [0, 0.1) is 21.4 Å². The Kier molecular flexibility index (Phi) is 5.33. The molecule has 0 unspecified atom stereocenters. The molecule has 2 rings (SSSR count). The van der Waals surface area contributed by atoms with Gasteiger partial charge < -0.3 is 0 Å². The predicted octanol–water partition coefficient (Wildman–Crippen LogP) is 2.13. The smallest absolute Gasteiger partial charge is 0.258 e. The van der Waals surface area contributed by atoms with E-state index in [1.807, 2.05) is 6.07 Å². The third kappa shape index (κ3) is 3.54. The summed E-state index contributed by atoms with van der Waals surface area (Å²) >= 11 is 5.64. The van der Waals surface area contributed by atoms with Gasteiger partial charge in [-0.1, -0.05) is 15.3 Å². The minimum atomic E-state index is -4.62. The van der Waals surface area contributed by atoms with Crippen LogP contribution in [0.4, 0.5) is 5.69 Å². The molecule has 136 valence electrons. The zero-order chi connectivity index (χ0) is 19.7. The number of halogens is 1. The van der Waals surface area contributed by atoms with Gasteiger partial charge in [-0.15, -0.1) is 0 Å². The summed E-state index contributed by atoms with van der Waals surface area (Å²) in [5.41, 5.74) is -0.473. The highest BCUT2D eigenvalue weighted by atomic mass is 35.5. The van der Waals surface area contributed by atoms with Crippen molar-refractivity contribution >= 4 is 37.3 Å². The molecule has 2 aromatic rings. The molecular weight excluding hydrogens is 406 g/mol. The van der Waals surface area contributed by atoms with Crippen molar-refractivity contribution in [2.24, 2.45) is 0 Å². The highest BCUT2D eigenvalue weighted by Crippen LogP contribution is 2.30. The summed E-state index contributed by atoms with van der Waals surface area (Å²) in [7, 11) is -8.29. The van der Waals surface area contributed by atoms with Crippen LogP contribution in [0.5, 0.6) is 0 Å². The second-order valence-electron chi connectivity index (χ2n) is 4.90. The van der Waals surface area contributed by atoms with E-state index in [2.05, 4.69) is 0 Å². The molecule has 0 bridgehead atoms. The van der Waals surface area contributed by atoms with E-state index in [0.29, 0.717) is 6.07 Å². The molecule has 12 heteroatoms. The molecule has 2 aromatic carbocycles. The maximum Gasteiger partial charge on any atom is 0.289 e. The normalized spacial score (nSPS) is 11.9. The summed E-state index contributed by atoms with van der Waals surface area (Å²) in [6, 6.07) is 9.08. The van der Waals surface area contributed by atoms with Crippen LogP contribution in [0.1, 0.15) is 5.56 Å². The molecule has 0 saturated heterocycles. The van der Waals surface area contributed by atoms with Gasteiger partial charge in [0.05, 0.1) is 26.3 Å². The number of sulfonamides is 2. The molecule has 0 spiro atoms. The molecule has 0 heterocycles. The van der Waals surface area contributed by atoms with Gasteiger partial charge in [0.15, 0.2) is 0 Å². The number of nitrogens with zero attached hydrogens (tertiary/aromatic N) is 3. The largest absolute Gasteiger partial charge is 0.289 e. The van der Waals surface area contributed by atoms with Crippen molar-refractivity contribution in [2.75, 3.05) is 7.05 Å². The molecule has 0 saturated carbocycles. The van der Waals surface area contributed by atoms with Crippen LogP contribution in [0.25, 0.3) is 0 Å². The lowest BCUT2D eigenvalue weighted by Crippen LogP contribution is -2.33. The van der Waals surface area contributed by atoms with E-state index in [9.17, 15) is 26.9 Å². The summed E-state index contributed by atoms with van der Waals surface area (Å²) in [5, 5.41) is 19.4. The Bertz CT molecular complexity index is 1120. The molecule has 0 aliphatic rings. The number of nitriles is 1. The van der Waals surface area contributed by atoms with Crippen molar-refractivity contribution in [3.63, 3.8) is 0 Å². The minimum absolute atomic E-state index is 0.106. The second-order valence-corrected chi connectivity index (χ2v) is 9.47. The third-order valence-electron chi connectivity index (χ3n) is 3.37. The lowest BCUT2D eigenvalue weighted by Gasteiger charge is -2.17. The fourth-order valence-corrected chi connectivity index (χ4v) is 5.23. The topological polar surface area (TPSA) is 138 Å². The first-order valence-electron chi connectivity index (χ1n) is 6.70. The van der Waals surface area contributed by atoms with E-state index < -0.39 is 35.6 Å². The number of hydrogen-bond acceptors (Lipinski definition) is 7. The molecule has 0 fully saturated rings. The van der Waals surface area contributed by atoms with Crippen molar-refractivity contribution in [1.29, 1.82) is 5.26 Å². The van der Waals surface area contributed by atoms with Crippen molar-refractivity contribution in [2.45, 2.75) is 9.79 Å². The third-order valence-corrected chi connectivity index (χ3v) is 7.94. The minimum Gasteiger partial charge on any atom is -0.258 e. The van der Waals surface area contributed by atoms with Gasteiger partial charge in [-0.2, -0.15) is 5.26 Å². The fraction of sp³-hybridized carbons (Fsp3) is 0.0714. The standard InChI is InChI=1S/C14H10ClN3O6S2/c1-17(25(21,22)11-4-2-10(9-16)3-5-11)26(23,24)12-6-7-13(15)14(8-12)18(19)20/h2-8H,1H3. The number of nitro groups is 1. The first-order chi connectivity index (χ1) is 12.0. The van der Waals surface area contributed by atoms with Crippen molar-refractivity contribution in [3.05, 3.63) is 63.2 Å². The Morgan fingerprint density at radius 1 is 1.04 bits per heavy atom. The van der Waals surface area contributed by atoms with Crippen LogP contribution < -0.4 is 0 Å². The number of benzene rings is 2. The van der Waals surface area contributed by atoms with E-state index in [-0.39, 0.29) is 19.2 Å². The van der Waals surface area contributed by atoms with Gasteiger partial charge >= 0.3 is 0 Å². The molecule has 26 heavy (non-hydrogen) atoms. The predicted molar refractivity (Wildman–Crippen MR) is 91.4 cm³/mol. The van der Waals surface area contributed by atoms with E-state index in [1.165, 1.54) is 12.1 Å². The summed E-state index contributed by atoms with van der Waals surface area (Å²) in [5.74, 6) is 0. The first kappa shape index (κ1) is 19.8. The van der Waals surface area contributed by atoms with Crippen LogP contribution in [-0.2, 0) is 20.0 Å². The highest BCUT2D eigenvalue weighted by molar-refractivity contribution is 8.04. The number of rotatable bonds is 5. The van der Waals surface area contributed by atoms with E-state index in [4.69, 9.17) is 16.9 Å². The van der Waals surface area contributed by atoms with Crippen LogP contribution in [-0.4, -0.2) is 32.5 Å². The summed E-state index contributed by atoms with van der Waals surface area (Å²) in [6.45, 7) is 0. The van der Waals surface area contributed by atoms with Crippen LogP contribution in [0.3, 0.4) is 0 Å². The summed E-state index contributed by atoms with van der Waals surface area (Å²) in [4.78, 5) is 9.08. The Labute approximate surface area is 154 Å². The van der Waals surface area contributed by atoms with Crippen LogP contribution in [0.2, 0.25) is 5.02 Å². The quantitative estimate of drug-likeness (QED) is 0.538. The molecule has 0 radical (unpaired) electrons. The maximum atomic E-state index is 12.6. The SMILES string of the molecule is CN(S(=O)(=O)c1ccc(C#N)cc1)S(=O)(=O)c1ccc(Cl)c([N+](=O)[O-])c1. The lowest BCUT2D eigenvalue weighted by atomic mass is 10.2. The lowest BCUT2D eigenvalue weighted by molar-refractivity contribution is -0.384. The average molecular weight is 416 g/mol. The Balaban J connectivity index is 2.53. The zero-order valence-corrected chi connectivity index (χ0v) is 15.4. The van der Waals surface area contributed by atoms with Gasteiger partial charge in [-0.05, 0) is 36.4 Å². The Morgan fingerprint density at radius 2 is 1.54 bits per heavy atom. The zero-order valence-electron chi connectivity index (χ0n) is 13.0. The molecule has 0 aliphatic heterocycles. The second kappa shape index (κ2) is 7.00. The number of nitro benzene ring substituents is 1. The molecule has 0 atom stereocenters. The highest BCUT2D eigenvalue weighted by Gasteiger charge is 2.34. The molecule has 0 aromatic heterocycles. The van der Waals surface area contributed by atoms with E-state index in [0.717, 1.165) is 31.3 Å². The average Bonchev–Trinajstić information content (AvgIpc) is 2.60. The Morgan fingerprint density at radius 3 is 2.04 bits per heavy atom. The summed E-state index contributed by atoms with van der Waals surface area (Å²) in [6.07, 6.45) is 0. The summed E-state index contributed by atoms with van der Waals surface area (Å²) < 4.78 is 50.4. The van der Waals surface area contributed by atoms with Gasteiger partial charge in [0.2, 0.25) is 0 Å². The van der Waals surface area contributed by atoms with Gasteiger partial charge in [-0.25, -0.2) is 16.8 Å². The van der Waals surface area contributed by atoms with Crippen molar-refractivity contribution in [1.82, 2.24) is 3.71 Å². The fourth-order valence-electron chi connectivity index (χ4n) is 1.92. The monoisotopic (exact) mass is 415 g/mol. The van der Waals surface area contributed by atoms with Crippen molar-refractivity contribution in [3.8, 4) is 6.07 Å². The maximum absolute atomic E-state index is 12.6. The van der Waals surface area contributed by atoms with Gasteiger partial charge in [-0.3, -0.25) is 10.1 Å². The van der Waals surface area contributed by atoms with Gasteiger partial charge in [0.25, 0.3) is 25.7 Å². The van der Waals surface area contributed by atoms with E-state index in [1.54, 1.807) is 0 Å².